The van der Waals surface area contributed by atoms with E-state index >= 15 is 0 Å². The number of thiocarbonyl (C=S) groups is 1. The third-order valence-corrected chi connectivity index (χ3v) is 3.75. The fourth-order valence-electron chi connectivity index (χ4n) is 2.41. The van der Waals surface area contributed by atoms with Crippen LogP contribution in [0.1, 0.15) is 15.9 Å². The SMILES string of the molecule is O=C(O)c1cccc(NC(=S)N/N=C\c2cccc3ccccc23)c1. The Morgan fingerprint density at radius 2 is 1.80 bits per heavy atom. The number of nitrogens with zero attached hydrogens (tertiary/aromatic N) is 1. The zero-order valence-corrected chi connectivity index (χ0v) is 14.0. The van der Waals surface area contributed by atoms with Crippen LogP contribution >= 0.6 is 12.2 Å². The highest BCUT2D eigenvalue weighted by Gasteiger charge is 2.04. The average Bonchev–Trinajstić information content (AvgIpc) is 2.62. The van der Waals surface area contributed by atoms with Crippen molar-refractivity contribution in [2.75, 3.05) is 5.32 Å². The second kappa shape index (κ2) is 7.55. The van der Waals surface area contributed by atoms with E-state index in [9.17, 15) is 4.79 Å². The Labute approximate surface area is 150 Å². The smallest absolute Gasteiger partial charge is 0.335 e. The molecule has 0 heterocycles. The Morgan fingerprint density at radius 3 is 2.64 bits per heavy atom. The minimum absolute atomic E-state index is 0.187. The van der Waals surface area contributed by atoms with E-state index in [0.29, 0.717) is 5.69 Å². The minimum Gasteiger partial charge on any atom is -0.478 e. The molecule has 0 atom stereocenters. The minimum atomic E-state index is -0.989. The van der Waals surface area contributed by atoms with Crippen molar-refractivity contribution < 1.29 is 9.90 Å². The number of carboxylic acids is 1. The third-order valence-electron chi connectivity index (χ3n) is 3.56. The number of benzene rings is 3. The Kier molecular flexibility index (Phi) is 5.01. The molecule has 0 aliphatic rings. The number of carboxylic acid groups (broad SMARTS) is 1. The number of hydrazone groups is 1. The van der Waals surface area contributed by atoms with Crippen LogP contribution in [0.25, 0.3) is 10.8 Å². The molecule has 124 valence electrons. The monoisotopic (exact) mass is 349 g/mol. The molecule has 0 radical (unpaired) electrons. The lowest BCUT2D eigenvalue weighted by Crippen LogP contribution is -2.24. The second-order valence-corrected chi connectivity index (χ2v) is 5.69. The second-order valence-electron chi connectivity index (χ2n) is 5.28. The molecule has 0 aliphatic heterocycles. The number of hydrogen-bond acceptors (Lipinski definition) is 3. The number of fused-ring (bicyclic) bond motifs is 1. The molecule has 0 saturated heterocycles. The number of anilines is 1. The van der Waals surface area contributed by atoms with Gasteiger partial charge in [0.1, 0.15) is 0 Å². The van der Waals surface area contributed by atoms with Gasteiger partial charge in [0.25, 0.3) is 0 Å². The van der Waals surface area contributed by atoms with Gasteiger partial charge in [-0.15, -0.1) is 0 Å². The van der Waals surface area contributed by atoms with Gasteiger partial charge in [-0.1, -0.05) is 48.5 Å². The summed E-state index contributed by atoms with van der Waals surface area (Å²) >= 11 is 5.17. The van der Waals surface area contributed by atoms with E-state index in [-0.39, 0.29) is 10.7 Å². The zero-order valence-electron chi connectivity index (χ0n) is 13.1. The third kappa shape index (κ3) is 4.19. The van der Waals surface area contributed by atoms with E-state index < -0.39 is 5.97 Å². The fourth-order valence-corrected chi connectivity index (χ4v) is 2.58. The van der Waals surface area contributed by atoms with Gasteiger partial charge < -0.3 is 10.4 Å². The van der Waals surface area contributed by atoms with Crippen molar-refractivity contribution in [1.82, 2.24) is 5.43 Å². The van der Waals surface area contributed by atoms with E-state index in [2.05, 4.69) is 15.8 Å². The summed E-state index contributed by atoms with van der Waals surface area (Å²) in [5, 5.41) is 18.6. The first-order valence-corrected chi connectivity index (χ1v) is 7.95. The quantitative estimate of drug-likeness (QED) is 0.379. The average molecular weight is 349 g/mol. The molecular formula is C19H15N3O2S. The summed E-state index contributed by atoms with van der Waals surface area (Å²) in [7, 11) is 0. The lowest BCUT2D eigenvalue weighted by molar-refractivity contribution is 0.0697. The molecular weight excluding hydrogens is 334 g/mol. The number of hydrogen-bond donors (Lipinski definition) is 3. The van der Waals surface area contributed by atoms with Gasteiger partial charge in [0.2, 0.25) is 0 Å². The standard InChI is InChI=1S/C19H15N3O2S/c23-18(24)14-7-4-9-16(11-14)21-19(25)22-20-12-15-8-3-6-13-5-1-2-10-17(13)15/h1-12H,(H,23,24)(H2,21,22,25)/b20-12-. The molecule has 25 heavy (non-hydrogen) atoms. The first-order chi connectivity index (χ1) is 12.1. The molecule has 3 rings (SSSR count). The largest absolute Gasteiger partial charge is 0.478 e. The predicted molar refractivity (Wildman–Crippen MR) is 104 cm³/mol. The Balaban J connectivity index is 1.66. The zero-order chi connectivity index (χ0) is 17.6. The van der Waals surface area contributed by atoms with Crippen LogP contribution in [0.3, 0.4) is 0 Å². The number of carbonyl (C=O) groups is 1. The van der Waals surface area contributed by atoms with E-state index in [1.54, 1.807) is 18.3 Å². The van der Waals surface area contributed by atoms with Gasteiger partial charge in [-0.05, 0) is 41.2 Å². The van der Waals surface area contributed by atoms with Gasteiger partial charge in [-0.3, -0.25) is 5.43 Å². The van der Waals surface area contributed by atoms with Crippen LogP contribution in [0, 0.1) is 0 Å². The molecule has 0 saturated carbocycles. The summed E-state index contributed by atoms with van der Waals surface area (Å²) in [6.07, 6.45) is 1.70. The van der Waals surface area contributed by atoms with E-state index in [1.807, 2.05) is 42.5 Å². The molecule has 0 aliphatic carbocycles. The van der Waals surface area contributed by atoms with Gasteiger partial charge in [0.15, 0.2) is 5.11 Å². The van der Waals surface area contributed by atoms with Crippen LogP contribution in [-0.4, -0.2) is 22.4 Å². The van der Waals surface area contributed by atoms with Gasteiger partial charge >= 0.3 is 5.97 Å². The summed E-state index contributed by atoms with van der Waals surface area (Å²) in [6, 6.07) is 20.4. The maximum absolute atomic E-state index is 11.0. The van der Waals surface area contributed by atoms with Crippen molar-refractivity contribution >= 4 is 46.0 Å². The van der Waals surface area contributed by atoms with E-state index in [4.69, 9.17) is 17.3 Å². The first-order valence-electron chi connectivity index (χ1n) is 7.55. The van der Waals surface area contributed by atoms with Crippen molar-refractivity contribution in [3.05, 3.63) is 77.9 Å². The van der Waals surface area contributed by atoms with Gasteiger partial charge in [0.05, 0.1) is 11.8 Å². The highest BCUT2D eigenvalue weighted by Crippen LogP contribution is 2.16. The molecule has 3 N–H and O–H groups in total. The van der Waals surface area contributed by atoms with E-state index in [0.717, 1.165) is 16.3 Å². The molecule has 0 spiro atoms. The summed E-state index contributed by atoms with van der Waals surface area (Å²) in [5.74, 6) is -0.989. The maximum atomic E-state index is 11.0. The summed E-state index contributed by atoms with van der Waals surface area (Å²) in [4.78, 5) is 11.0. The molecule has 0 bridgehead atoms. The summed E-state index contributed by atoms with van der Waals surface area (Å²) < 4.78 is 0. The first kappa shape index (κ1) is 16.6. The van der Waals surface area contributed by atoms with Crippen molar-refractivity contribution in [3.63, 3.8) is 0 Å². The summed E-state index contributed by atoms with van der Waals surface area (Å²) in [5.41, 5.74) is 4.48. The van der Waals surface area contributed by atoms with Crippen molar-refractivity contribution in [3.8, 4) is 0 Å². The molecule has 0 amide bonds. The Bertz CT molecular complexity index is 964. The molecule has 3 aromatic rings. The van der Waals surface area contributed by atoms with Crippen LogP contribution in [0.2, 0.25) is 0 Å². The molecule has 6 heteroatoms. The summed E-state index contributed by atoms with van der Waals surface area (Å²) in [6.45, 7) is 0. The predicted octanol–water partition coefficient (Wildman–Crippen LogP) is 3.86. The molecule has 0 aromatic heterocycles. The lowest BCUT2D eigenvalue weighted by Gasteiger charge is -2.07. The van der Waals surface area contributed by atoms with Crippen LogP contribution in [0.4, 0.5) is 5.69 Å². The highest BCUT2D eigenvalue weighted by molar-refractivity contribution is 7.80. The normalized spacial score (nSPS) is 10.7. The molecule has 0 fully saturated rings. The highest BCUT2D eigenvalue weighted by atomic mass is 32.1. The van der Waals surface area contributed by atoms with Gasteiger partial charge in [-0.25, -0.2) is 4.79 Å². The lowest BCUT2D eigenvalue weighted by atomic mass is 10.1. The number of rotatable bonds is 4. The fraction of sp³-hybridized carbons (Fsp3) is 0. The van der Waals surface area contributed by atoms with Crippen LogP contribution < -0.4 is 10.7 Å². The molecule has 3 aromatic carbocycles. The van der Waals surface area contributed by atoms with Gasteiger partial charge in [-0.2, -0.15) is 5.10 Å². The number of nitrogens with one attached hydrogen (secondary N) is 2. The van der Waals surface area contributed by atoms with Crippen LogP contribution in [0.5, 0.6) is 0 Å². The van der Waals surface area contributed by atoms with Crippen LogP contribution in [-0.2, 0) is 0 Å². The van der Waals surface area contributed by atoms with Crippen molar-refractivity contribution in [2.45, 2.75) is 0 Å². The van der Waals surface area contributed by atoms with E-state index in [1.165, 1.54) is 12.1 Å². The van der Waals surface area contributed by atoms with Crippen molar-refractivity contribution in [1.29, 1.82) is 0 Å². The number of aromatic carboxylic acids is 1. The maximum Gasteiger partial charge on any atom is 0.335 e. The Morgan fingerprint density at radius 1 is 1.04 bits per heavy atom. The van der Waals surface area contributed by atoms with Crippen molar-refractivity contribution in [2.24, 2.45) is 5.10 Å². The molecule has 0 unspecified atom stereocenters. The molecule has 5 nitrogen and oxygen atoms in total. The Hall–Kier alpha value is -3.25. The van der Waals surface area contributed by atoms with Crippen LogP contribution in [0.15, 0.2) is 71.8 Å². The topological polar surface area (TPSA) is 73.7 Å². The van der Waals surface area contributed by atoms with Gasteiger partial charge in [0, 0.05) is 11.3 Å².